The van der Waals surface area contributed by atoms with Crippen LogP contribution in [0.3, 0.4) is 0 Å². The standard InChI is InChI=1S/C22H33Si.3ClH.Ti/c1-7-8-9-10-19-13-20(14-21(19)15(2)3)23-22-17(5)11-16(4)12-18(22)6;;;;/h11-12,15H,7-10,13,23H2,1-6H3;3*1H;/q-1;;;;+4/p-3. The number of rotatable bonds is 7. The molecule has 0 saturated carbocycles. The van der Waals surface area contributed by atoms with Crippen LogP contribution in [0, 0.1) is 32.8 Å². The van der Waals surface area contributed by atoms with E-state index >= 15 is 0 Å². The smallest absolute Gasteiger partial charge is 1.00 e. The Kier molecular flexibility index (Phi) is 18.3. The van der Waals surface area contributed by atoms with E-state index in [0.717, 1.165) is 0 Å². The van der Waals surface area contributed by atoms with E-state index in [1.54, 1.807) is 16.0 Å². The van der Waals surface area contributed by atoms with Crippen LogP contribution < -0.4 is 42.4 Å². The summed E-state index contributed by atoms with van der Waals surface area (Å²) in [5.74, 6) is 0.623. The number of allylic oxidation sites excluding steroid dienone is 4. The zero-order chi connectivity index (χ0) is 17.0. The van der Waals surface area contributed by atoms with Crippen LogP contribution >= 0.6 is 0 Å². The maximum absolute atomic E-state index is 3.84. The van der Waals surface area contributed by atoms with Gasteiger partial charge in [0.15, 0.2) is 0 Å². The van der Waals surface area contributed by atoms with Crippen molar-refractivity contribution >= 4 is 14.7 Å². The normalized spacial score (nSPS) is 13.1. The molecule has 0 atom stereocenters. The van der Waals surface area contributed by atoms with Gasteiger partial charge in [0.1, 0.15) is 0 Å². The van der Waals surface area contributed by atoms with E-state index in [1.807, 2.05) is 0 Å². The van der Waals surface area contributed by atoms with Crippen molar-refractivity contribution in [1.82, 2.24) is 0 Å². The Balaban J connectivity index is -0.00000144. The molecule has 0 aromatic heterocycles. The summed E-state index contributed by atoms with van der Waals surface area (Å²) in [4.78, 5) is 0. The zero-order valence-corrected chi connectivity index (χ0v) is 22.9. The third-order valence-corrected chi connectivity index (χ3v) is 7.33. The molecular weight excluding hydrogens is 447 g/mol. The van der Waals surface area contributed by atoms with Gasteiger partial charge in [0.2, 0.25) is 0 Å². The monoisotopic (exact) mass is 478 g/mol. The number of hydrogen-bond acceptors (Lipinski definition) is 0. The second kappa shape index (κ2) is 15.4. The van der Waals surface area contributed by atoms with Gasteiger partial charge in [-0.3, -0.25) is 6.08 Å². The summed E-state index contributed by atoms with van der Waals surface area (Å²) in [6, 6.07) is 4.70. The van der Waals surface area contributed by atoms with Gasteiger partial charge < -0.3 is 37.2 Å². The number of benzene rings is 1. The Bertz CT molecular complexity index is 613. The summed E-state index contributed by atoms with van der Waals surface area (Å²) in [6.07, 6.45) is 10.4. The van der Waals surface area contributed by atoms with Crippen LogP contribution in [0.1, 0.15) is 69.6 Å². The number of aryl methyl sites for hydroxylation is 3. The number of hydrogen-bond donors (Lipinski definition) is 0. The van der Waals surface area contributed by atoms with Gasteiger partial charge in [-0.05, 0) is 20.8 Å². The van der Waals surface area contributed by atoms with E-state index in [2.05, 4.69) is 59.8 Å². The van der Waals surface area contributed by atoms with Gasteiger partial charge in [0.05, 0.1) is 9.52 Å². The van der Waals surface area contributed by atoms with Crippen molar-refractivity contribution in [1.29, 1.82) is 0 Å². The third-order valence-electron chi connectivity index (χ3n) is 5.01. The molecule has 0 unspecified atom stereocenters. The SMILES string of the molecule is CCCCCC1=C(C(C)C)[C-]=C([SiH2]c2c(C)cc(C)cc2C)C1.[Cl-].[Cl-].[Cl-].[Ti+4]. The Morgan fingerprint density at radius 3 is 2.04 bits per heavy atom. The molecule has 1 aromatic rings. The van der Waals surface area contributed by atoms with E-state index < -0.39 is 0 Å². The molecular formula is C22H33Cl3SiTi. The second-order valence-corrected chi connectivity index (χ2v) is 9.50. The van der Waals surface area contributed by atoms with Crippen molar-refractivity contribution in [3.8, 4) is 0 Å². The van der Waals surface area contributed by atoms with Crippen LogP contribution in [-0.4, -0.2) is 9.52 Å². The molecule has 2 rings (SSSR count). The minimum absolute atomic E-state index is 0. The van der Waals surface area contributed by atoms with Crippen LogP contribution in [0.5, 0.6) is 0 Å². The molecule has 0 nitrogen and oxygen atoms in total. The average Bonchev–Trinajstić information content (AvgIpc) is 2.86. The summed E-state index contributed by atoms with van der Waals surface area (Å²) < 4.78 is 0. The minimum atomic E-state index is -0.369. The molecule has 0 bridgehead atoms. The summed E-state index contributed by atoms with van der Waals surface area (Å²) in [7, 11) is -0.369. The van der Waals surface area contributed by atoms with E-state index in [4.69, 9.17) is 0 Å². The van der Waals surface area contributed by atoms with E-state index in [0.29, 0.717) is 5.92 Å². The summed E-state index contributed by atoms with van der Waals surface area (Å²) >= 11 is 0. The van der Waals surface area contributed by atoms with E-state index in [-0.39, 0.29) is 68.5 Å². The molecule has 0 aliphatic heterocycles. The predicted octanol–water partition coefficient (Wildman–Crippen LogP) is -3.96. The first kappa shape index (κ1) is 32.2. The molecule has 0 radical (unpaired) electrons. The van der Waals surface area contributed by atoms with Crippen LogP contribution in [0.2, 0.25) is 0 Å². The Labute approximate surface area is 203 Å². The number of halogens is 3. The molecule has 0 spiro atoms. The molecule has 1 aliphatic carbocycles. The molecule has 27 heavy (non-hydrogen) atoms. The van der Waals surface area contributed by atoms with Gasteiger partial charge in [0.25, 0.3) is 0 Å². The van der Waals surface area contributed by atoms with Crippen LogP contribution in [0.25, 0.3) is 0 Å². The fourth-order valence-electron chi connectivity index (χ4n) is 3.85. The van der Waals surface area contributed by atoms with Crippen molar-refractivity contribution in [2.75, 3.05) is 0 Å². The molecule has 0 fully saturated rings. The largest absolute Gasteiger partial charge is 4.00 e. The molecule has 5 heteroatoms. The topological polar surface area (TPSA) is 0 Å². The number of unbranched alkanes of at least 4 members (excludes halogenated alkanes) is 2. The maximum atomic E-state index is 3.84. The van der Waals surface area contributed by atoms with Crippen LogP contribution in [-0.2, 0) is 21.7 Å². The van der Waals surface area contributed by atoms with Gasteiger partial charge in [-0.15, -0.1) is 0 Å². The van der Waals surface area contributed by atoms with Gasteiger partial charge >= 0.3 is 21.7 Å². The predicted molar refractivity (Wildman–Crippen MR) is 106 cm³/mol. The van der Waals surface area contributed by atoms with Gasteiger partial charge in [-0.1, -0.05) is 92.8 Å². The minimum Gasteiger partial charge on any atom is -1.00 e. The quantitative estimate of drug-likeness (QED) is 0.213. The van der Waals surface area contributed by atoms with E-state index in [9.17, 15) is 0 Å². The first-order valence-electron chi connectivity index (χ1n) is 9.32. The van der Waals surface area contributed by atoms with Crippen molar-refractivity contribution in [3.63, 3.8) is 0 Å². The second-order valence-electron chi connectivity index (χ2n) is 7.59. The van der Waals surface area contributed by atoms with Crippen LogP contribution in [0.4, 0.5) is 0 Å². The molecule has 1 aromatic carbocycles. The molecule has 0 saturated heterocycles. The van der Waals surface area contributed by atoms with Gasteiger partial charge in [-0.25, -0.2) is 11.1 Å². The Morgan fingerprint density at radius 2 is 1.56 bits per heavy atom. The fourth-order valence-corrected chi connectivity index (χ4v) is 5.74. The first-order chi connectivity index (χ1) is 10.9. The van der Waals surface area contributed by atoms with Gasteiger partial charge in [0, 0.05) is 0 Å². The Morgan fingerprint density at radius 1 is 1.00 bits per heavy atom. The Hall–Kier alpha value is 0.501. The van der Waals surface area contributed by atoms with Crippen molar-refractivity contribution < 1.29 is 58.9 Å². The van der Waals surface area contributed by atoms with Crippen molar-refractivity contribution in [2.24, 2.45) is 5.92 Å². The molecule has 0 amide bonds. The van der Waals surface area contributed by atoms with E-state index in [1.165, 1.54) is 54.4 Å². The van der Waals surface area contributed by atoms with Gasteiger partial charge in [-0.2, -0.15) is 5.20 Å². The summed E-state index contributed by atoms with van der Waals surface area (Å²) in [5, 5.41) is 3.28. The average molecular weight is 480 g/mol. The third kappa shape index (κ3) is 9.24. The molecule has 0 N–H and O–H groups in total. The molecule has 1 aliphatic rings. The van der Waals surface area contributed by atoms with Crippen molar-refractivity contribution in [2.45, 2.75) is 73.6 Å². The molecule has 150 valence electrons. The summed E-state index contributed by atoms with van der Waals surface area (Å²) in [5.41, 5.74) is 7.61. The fraction of sp³-hybridized carbons (Fsp3) is 0.545. The summed E-state index contributed by atoms with van der Waals surface area (Å²) in [6.45, 7) is 13.7. The van der Waals surface area contributed by atoms with Crippen molar-refractivity contribution in [3.05, 3.63) is 51.2 Å². The zero-order valence-electron chi connectivity index (χ0n) is 17.6. The first-order valence-corrected chi connectivity index (χ1v) is 10.7. The molecule has 0 heterocycles. The maximum Gasteiger partial charge on any atom is 4.00 e. The van der Waals surface area contributed by atoms with Crippen LogP contribution in [0.15, 0.2) is 28.5 Å².